The van der Waals surface area contributed by atoms with Gasteiger partial charge in [0.2, 0.25) is 0 Å². The van der Waals surface area contributed by atoms with Crippen LogP contribution in [0.4, 0.5) is 0 Å². The van der Waals surface area contributed by atoms with Gasteiger partial charge in [0.05, 0.1) is 0 Å². The van der Waals surface area contributed by atoms with Crippen molar-refractivity contribution in [2.45, 2.75) is 32.6 Å². The second-order valence-electron chi connectivity index (χ2n) is 4.38. The predicted molar refractivity (Wildman–Crippen MR) is 51.3 cm³/mol. The molecular formula is C10H17N3. The van der Waals surface area contributed by atoms with E-state index in [9.17, 15) is 0 Å². The van der Waals surface area contributed by atoms with Gasteiger partial charge in [-0.1, -0.05) is 13.8 Å². The van der Waals surface area contributed by atoms with Crippen molar-refractivity contribution in [3.63, 3.8) is 0 Å². The van der Waals surface area contributed by atoms with Gasteiger partial charge in [-0.25, -0.2) is 4.98 Å². The topological polar surface area (TPSA) is 30.7 Å². The minimum Gasteiger partial charge on any atom is -0.256 e. The molecule has 0 amide bonds. The van der Waals surface area contributed by atoms with Crippen molar-refractivity contribution < 1.29 is 0 Å². The van der Waals surface area contributed by atoms with Crippen molar-refractivity contribution in [1.29, 1.82) is 0 Å². The molecule has 3 heteroatoms. The number of nitrogens with zero attached hydrogens (tertiary/aromatic N) is 3. The third kappa shape index (κ3) is 1.74. The van der Waals surface area contributed by atoms with Crippen LogP contribution >= 0.6 is 0 Å². The molecule has 3 nitrogen and oxygen atoms in total. The van der Waals surface area contributed by atoms with E-state index in [0.717, 1.165) is 11.7 Å². The largest absolute Gasteiger partial charge is 0.256 e. The molecule has 1 unspecified atom stereocenters. The van der Waals surface area contributed by atoms with Gasteiger partial charge in [-0.3, -0.25) is 4.68 Å². The van der Waals surface area contributed by atoms with Crippen LogP contribution in [0.2, 0.25) is 0 Å². The van der Waals surface area contributed by atoms with Crippen molar-refractivity contribution in [2.75, 3.05) is 0 Å². The van der Waals surface area contributed by atoms with Crippen LogP contribution in [0.5, 0.6) is 0 Å². The molecule has 0 bridgehead atoms. The Bertz CT molecular complexity index is 284. The molecule has 0 radical (unpaired) electrons. The second-order valence-corrected chi connectivity index (χ2v) is 4.38. The maximum absolute atomic E-state index is 4.40. The summed E-state index contributed by atoms with van der Waals surface area (Å²) in [4.78, 5) is 4.35. The van der Waals surface area contributed by atoms with Crippen molar-refractivity contribution in [3.8, 4) is 0 Å². The van der Waals surface area contributed by atoms with Gasteiger partial charge in [-0.2, -0.15) is 5.10 Å². The van der Waals surface area contributed by atoms with Gasteiger partial charge in [-0.15, -0.1) is 0 Å². The van der Waals surface area contributed by atoms with Gasteiger partial charge < -0.3 is 0 Å². The highest BCUT2D eigenvalue weighted by atomic mass is 15.3. The Kier molecular flexibility index (Phi) is 2.10. The molecule has 1 aliphatic carbocycles. The molecule has 1 aromatic heterocycles. The van der Waals surface area contributed by atoms with Crippen LogP contribution in [-0.4, -0.2) is 14.8 Å². The van der Waals surface area contributed by atoms with Crippen LogP contribution in [0.25, 0.3) is 0 Å². The van der Waals surface area contributed by atoms with Gasteiger partial charge in [0, 0.05) is 13.0 Å². The second kappa shape index (κ2) is 3.13. The van der Waals surface area contributed by atoms with Crippen molar-refractivity contribution in [1.82, 2.24) is 14.8 Å². The zero-order valence-corrected chi connectivity index (χ0v) is 8.57. The highest BCUT2D eigenvalue weighted by molar-refractivity contribution is 5.03. The summed E-state index contributed by atoms with van der Waals surface area (Å²) < 4.78 is 1.80. The fourth-order valence-corrected chi connectivity index (χ4v) is 2.02. The minimum absolute atomic E-state index is 0.584. The first kappa shape index (κ1) is 8.73. The molecule has 0 spiro atoms. The van der Waals surface area contributed by atoms with Crippen molar-refractivity contribution >= 4 is 0 Å². The molecule has 1 aliphatic rings. The summed E-state index contributed by atoms with van der Waals surface area (Å²) >= 11 is 0. The highest BCUT2D eigenvalue weighted by Crippen LogP contribution is 2.45. The third-order valence-corrected chi connectivity index (χ3v) is 2.76. The van der Waals surface area contributed by atoms with Crippen LogP contribution in [-0.2, 0) is 7.05 Å². The SMILES string of the molecule is CC(C)C(c1ncn(C)n1)C1CC1. The third-order valence-electron chi connectivity index (χ3n) is 2.76. The number of aryl methyl sites for hydroxylation is 1. The number of aromatic nitrogens is 3. The van der Waals surface area contributed by atoms with Crippen LogP contribution in [0.15, 0.2) is 6.33 Å². The van der Waals surface area contributed by atoms with E-state index in [1.165, 1.54) is 12.8 Å². The summed E-state index contributed by atoms with van der Waals surface area (Å²) in [7, 11) is 1.93. The van der Waals surface area contributed by atoms with Crippen LogP contribution in [0.3, 0.4) is 0 Å². The normalized spacial score (nSPS) is 19.4. The molecule has 72 valence electrons. The van der Waals surface area contributed by atoms with Gasteiger partial charge in [0.1, 0.15) is 6.33 Å². The predicted octanol–water partition coefficient (Wildman–Crippen LogP) is 1.96. The smallest absolute Gasteiger partial charge is 0.154 e. The van der Waals surface area contributed by atoms with E-state index < -0.39 is 0 Å². The molecule has 0 saturated heterocycles. The van der Waals surface area contributed by atoms with Crippen LogP contribution in [0.1, 0.15) is 38.4 Å². The molecule has 2 rings (SSSR count). The zero-order chi connectivity index (χ0) is 9.42. The van der Waals surface area contributed by atoms with E-state index >= 15 is 0 Å². The lowest BCUT2D eigenvalue weighted by atomic mass is 9.90. The Morgan fingerprint density at radius 3 is 2.54 bits per heavy atom. The summed E-state index contributed by atoms with van der Waals surface area (Å²) in [6, 6.07) is 0. The Morgan fingerprint density at radius 2 is 2.15 bits per heavy atom. The van der Waals surface area contributed by atoms with Gasteiger partial charge in [0.15, 0.2) is 5.82 Å². The highest BCUT2D eigenvalue weighted by Gasteiger charge is 2.36. The summed E-state index contributed by atoms with van der Waals surface area (Å²) in [6.07, 6.45) is 4.52. The monoisotopic (exact) mass is 179 g/mol. The van der Waals surface area contributed by atoms with Crippen LogP contribution in [0, 0.1) is 11.8 Å². The Labute approximate surface area is 79.2 Å². The maximum Gasteiger partial charge on any atom is 0.154 e. The van der Waals surface area contributed by atoms with E-state index in [1.54, 1.807) is 11.0 Å². The van der Waals surface area contributed by atoms with E-state index in [0.29, 0.717) is 11.8 Å². The Balaban J connectivity index is 2.19. The molecule has 1 aromatic rings. The minimum atomic E-state index is 0.584. The first-order chi connectivity index (χ1) is 6.18. The summed E-state index contributed by atoms with van der Waals surface area (Å²) in [5.74, 6) is 3.14. The van der Waals surface area contributed by atoms with Gasteiger partial charge >= 0.3 is 0 Å². The molecule has 1 saturated carbocycles. The van der Waals surface area contributed by atoms with Gasteiger partial charge in [0.25, 0.3) is 0 Å². The number of hydrogen-bond donors (Lipinski definition) is 0. The molecule has 1 fully saturated rings. The summed E-state index contributed by atoms with van der Waals surface area (Å²) in [6.45, 7) is 4.53. The average molecular weight is 179 g/mol. The average Bonchev–Trinajstić information content (AvgIpc) is 2.76. The fraction of sp³-hybridized carbons (Fsp3) is 0.800. The molecule has 13 heavy (non-hydrogen) atoms. The van der Waals surface area contributed by atoms with Crippen LogP contribution < -0.4 is 0 Å². The Hall–Kier alpha value is -0.860. The molecular weight excluding hydrogens is 162 g/mol. The maximum atomic E-state index is 4.40. The molecule has 1 heterocycles. The number of hydrogen-bond acceptors (Lipinski definition) is 2. The van der Waals surface area contributed by atoms with E-state index in [4.69, 9.17) is 0 Å². The lowest BCUT2D eigenvalue weighted by molar-refractivity contribution is 0.428. The fourth-order valence-electron chi connectivity index (χ4n) is 2.02. The first-order valence-corrected chi connectivity index (χ1v) is 5.04. The lowest BCUT2D eigenvalue weighted by Gasteiger charge is -2.16. The number of rotatable bonds is 3. The summed E-state index contributed by atoms with van der Waals surface area (Å²) in [5, 5.41) is 4.40. The first-order valence-electron chi connectivity index (χ1n) is 5.04. The Morgan fingerprint density at radius 1 is 1.46 bits per heavy atom. The standard InChI is InChI=1S/C10H17N3/c1-7(2)9(8-4-5-8)10-11-6-13(3)12-10/h6-9H,4-5H2,1-3H3. The van der Waals surface area contributed by atoms with E-state index in [1.807, 2.05) is 7.05 Å². The summed E-state index contributed by atoms with van der Waals surface area (Å²) in [5.41, 5.74) is 0. The quantitative estimate of drug-likeness (QED) is 0.710. The van der Waals surface area contributed by atoms with E-state index in [2.05, 4.69) is 23.9 Å². The molecule has 0 aromatic carbocycles. The van der Waals surface area contributed by atoms with Crippen molar-refractivity contribution in [3.05, 3.63) is 12.2 Å². The van der Waals surface area contributed by atoms with E-state index in [-0.39, 0.29) is 0 Å². The molecule has 0 N–H and O–H groups in total. The zero-order valence-electron chi connectivity index (χ0n) is 8.57. The molecule has 0 aliphatic heterocycles. The van der Waals surface area contributed by atoms with Gasteiger partial charge in [-0.05, 0) is 24.7 Å². The molecule has 1 atom stereocenters. The lowest BCUT2D eigenvalue weighted by Crippen LogP contribution is -2.11. The van der Waals surface area contributed by atoms with Crippen molar-refractivity contribution in [2.24, 2.45) is 18.9 Å².